The average Bonchev–Trinajstić information content (AvgIpc) is 2.60. The number of rotatable bonds is 8. The fraction of sp³-hybridized carbons (Fsp3) is 0.316. The lowest BCUT2D eigenvalue weighted by atomic mass is 9.75. The van der Waals surface area contributed by atoms with Crippen LogP contribution in [0.25, 0.3) is 0 Å². The van der Waals surface area contributed by atoms with Gasteiger partial charge in [-0.3, -0.25) is 4.79 Å². The number of carbonyl (C=O) groups excluding carboxylic acids is 1. The van der Waals surface area contributed by atoms with Gasteiger partial charge in [0.2, 0.25) is 5.91 Å². The lowest BCUT2D eigenvalue weighted by Crippen LogP contribution is -2.50. The van der Waals surface area contributed by atoms with Crippen molar-refractivity contribution in [2.75, 3.05) is 19.6 Å². The Hall–Kier alpha value is -2.17. The quantitative estimate of drug-likeness (QED) is 0.691. The minimum atomic E-state index is -0.669. The average molecular weight is 311 g/mol. The largest absolute Gasteiger partial charge is 0.354 e. The van der Waals surface area contributed by atoms with Gasteiger partial charge in [0.1, 0.15) is 0 Å². The van der Waals surface area contributed by atoms with E-state index in [1.807, 2.05) is 60.7 Å². The van der Waals surface area contributed by atoms with Crippen LogP contribution in [-0.4, -0.2) is 25.5 Å². The third kappa shape index (κ3) is 4.65. The zero-order valence-electron chi connectivity index (χ0n) is 13.4. The van der Waals surface area contributed by atoms with Crippen molar-refractivity contribution < 1.29 is 4.79 Å². The topological polar surface area (TPSA) is 81.1 Å². The molecule has 0 saturated carbocycles. The van der Waals surface area contributed by atoms with Crippen molar-refractivity contribution in [1.29, 1.82) is 0 Å². The Morgan fingerprint density at radius 2 is 1.35 bits per heavy atom. The van der Waals surface area contributed by atoms with Crippen LogP contribution in [-0.2, 0) is 17.6 Å². The van der Waals surface area contributed by atoms with Gasteiger partial charge in [-0.2, -0.15) is 0 Å². The molecule has 23 heavy (non-hydrogen) atoms. The first kappa shape index (κ1) is 17.2. The van der Waals surface area contributed by atoms with Gasteiger partial charge in [0.25, 0.3) is 0 Å². The fourth-order valence-corrected chi connectivity index (χ4v) is 2.81. The molecule has 0 fully saturated rings. The number of nitrogens with two attached hydrogens (primary N) is 2. The SMILES string of the molecule is NCCNC(=O)C(CN)(Cc1ccccc1)Cc1ccccc1. The molecule has 0 saturated heterocycles. The molecule has 0 heterocycles. The van der Waals surface area contributed by atoms with Crippen LogP contribution in [0.1, 0.15) is 11.1 Å². The van der Waals surface area contributed by atoms with Crippen LogP contribution in [0.3, 0.4) is 0 Å². The van der Waals surface area contributed by atoms with Gasteiger partial charge in [0.15, 0.2) is 0 Å². The molecule has 0 bridgehead atoms. The van der Waals surface area contributed by atoms with Crippen molar-refractivity contribution in [2.24, 2.45) is 16.9 Å². The molecule has 0 aliphatic carbocycles. The molecule has 0 aromatic heterocycles. The van der Waals surface area contributed by atoms with Gasteiger partial charge in [-0.15, -0.1) is 0 Å². The Morgan fingerprint density at radius 3 is 1.74 bits per heavy atom. The molecule has 0 unspecified atom stereocenters. The number of benzene rings is 2. The van der Waals surface area contributed by atoms with Gasteiger partial charge in [0.05, 0.1) is 5.41 Å². The van der Waals surface area contributed by atoms with Crippen LogP contribution in [0, 0.1) is 5.41 Å². The summed E-state index contributed by atoms with van der Waals surface area (Å²) in [5.74, 6) is -0.0295. The number of nitrogens with one attached hydrogen (secondary N) is 1. The molecule has 4 nitrogen and oxygen atoms in total. The zero-order valence-corrected chi connectivity index (χ0v) is 13.4. The summed E-state index contributed by atoms with van der Waals surface area (Å²) in [6.07, 6.45) is 1.21. The maximum absolute atomic E-state index is 12.8. The molecule has 122 valence electrons. The Balaban J connectivity index is 2.29. The monoisotopic (exact) mass is 311 g/mol. The summed E-state index contributed by atoms with van der Waals surface area (Å²) in [5.41, 5.74) is 13.2. The van der Waals surface area contributed by atoms with E-state index in [2.05, 4.69) is 5.32 Å². The Morgan fingerprint density at radius 1 is 0.870 bits per heavy atom. The van der Waals surface area contributed by atoms with Crippen LogP contribution in [0.2, 0.25) is 0 Å². The predicted octanol–water partition coefficient (Wildman–Crippen LogP) is 1.49. The third-order valence-electron chi connectivity index (χ3n) is 4.07. The standard InChI is InChI=1S/C19H25N3O/c20-11-12-22-18(23)19(15-21,13-16-7-3-1-4-8-16)14-17-9-5-2-6-10-17/h1-10H,11-15,20-21H2,(H,22,23). The summed E-state index contributed by atoms with van der Waals surface area (Å²) >= 11 is 0. The number of amides is 1. The van der Waals surface area contributed by atoms with Gasteiger partial charge < -0.3 is 16.8 Å². The van der Waals surface area contributed by atoms with Crippen molar-refractivity contribution in [3.05, 3.63) is 71.8 Å². The van der Waals surface area contributed by atoms with E-state index in [9.17, 15) is 4.79 Å². The van der Waals surface area contributed by atoms with Crippen LogP contribution in [0.4, 0.5) is 0 Å². The lowest BCUT2D eigenvalue weighted by molar-refractivity contribution is -0.130. The number of carbonyl (C=O) groups is 1. The van der Waals surface area contributed by atoms with E-state index in [1.165, 1.54) is 0 Å². The van der Waals surface area contributed by atoms with E-state index in [1.54, 1.807) is 0 Å². The minimum absolute atomic E-state index is 0.0295. The zero-order chi connectivity index (χ0) is 16.5. The maximum Gasteiger partial charge on any atom is 0.228 e. The minimum Gasteiger partial charge on any atom is -0.354 e. The molecule has 0 radical (unpaired) electrons. The molecule has 2 aromatic carbocycles. The van der Waals surface area contributed by atoms with Crippen LogP contribution >= 0.6 is 0 Å². The number of hydrogen-bond acceptors (Lipinski definition) is 3. The van der Waals surface area contributed by atoms with Crippen LogP contribution in [0.5, 0.6) is 0 Å². The smallest absolute Gasteiger partial charge is 0.228 e. The molecular weight excluding hydrogens is 286 g/mol. The van der Waals surface area contributed by atoms with E-state index in [0.29, 0.717) is 25.9 Å². The molecule has 0 aliphatic rings. The molecule has 0 atom stereocenters. The Kier molecular flexibility index (Phi) is 6.32. The van der Waals surface area contributed by atoms with E-state index in [0.717, 1.165) is 11.1 Å². The van der Waals surface area contributed by atoms with E-state index < -0.39 is 5.41 Å². The normalized spacial score (nSPS) is 11.2. The maximum atomic E-state index is 12.8. The van der Waals surface area contributed by atoms with E-state index in [4.69, 9.17) is 11.5 Å². The Labute approximate surface area is 137 Å². The summed E-state index contributed by atoms with van der Waals surface area (Å²) in [7, 11) is 0. The first-order chi connectivity index (χ1) is 11.2. The summed E-state index contributed by atoms with van der Waals surface area (Å²) in [5, 5.41) is 2.92. The van der Waals surface area contributed by atoms with Gasteiger partial charge >= 0.3 is 0 Å². The van der Waals surface area contributed by atoms with E-state index in [-0.39, 0.29) is 12.5 Å². The highest BCUT2D eigenvalue weighted by atomic mass is 16.2. The van der Waals surface area contributed by atoms with E-state index >= 15 is 0 Å². The second kappa shape index (κ2) is 8.46. The molecule has 2 rings (SSSR count). The van der Waals surface area contributed by atoms with Crippen molar-refractivity contribution in [2.45, 2.75) is 12.8 Å². The summed E-state index contributed by atoms with van der Waals surface area (Å²) in [6, 6.07) is 20.0. The highest BCUT2D eigenvalue weighted by Crippen LogP contribution is 2.27. The van der Waals surface area contributed by atoms with Crippen molar-refractivity contribution >= 4 is 5.91 Å². The lowest BCUT2D eigenvalue weighted by Gasteiger charge is -2.31. The highest BCUT2D eigenvalue weighted by molar-refractivity contribution is 5.83. The molecule has 2 aromatic rings. The summed E-state index contributed by atoms with van der Waals surface area (Å²) in [6.45, 7) is 1.17. The molecule has 4 heteroatoms. The van der Waals surface area contributed by atoms with Gasteiger partial charge in [0, 0.05) is 19.6 Å². The molecule has 0 spiro atoms. The molecule has 0 aliphatic heterocycles. The first-order valence-electron chi connectivity index (χ1n) is 7.96. The molecular formula is C19H25N3O. The van der Waals surface area contributed by atoms with Crippen molar-refractivity contribution in [3.63, 3.8) is 0 Å². The van der Waals surface area contributed by atoms with Crippen LogP contribution in [0.15, 0.2) is 60.7 Å². The summed E-state index contributed by atoms with van der Waals surface area (Å²) < 4.78 is 0. The fourth-order valence-electron chi connectivity index (χ4n) is 2.81. The third-order valence-corrected chi connectivity index (χ3v) is 4.07. The number of hydrogen-bond donors (Lipinski definition) is 3. The molecule has 1 amide bonds. The Bertz CT molecular complexity index is 557. The van der Waals surface area contributed by atoms with Gasteiger partial charge in [-0.05, 0) is 24.0 Å². The summed E-state index contributed by atoms with van der Waals surface area (Å²) in [4.78, 5) is 12.8. The van der Waals surface area contributed by atoms with Gasteiger partial charge in [-0.1, -0.05) is 60.7 Å². The second-order valence-electron chi connectivity index (χ2n) is 5.85. The van der Waals surface area contributed by atoms with Crippen molar-refractivity contribution in [1.82, 2.24) is 5.32 Å². The second-order valence-corrected chi connectivity index (χ2v) is 5.85. The van der Waals surface area contributed by atoms with Crippen LogP contribution < -0.4 is 16.8 Å². The van der Waals surface area contributed by atoms with Crippen molar-refractivity contribution in [3.8, 4) is 0 Å². The molecule has 5 N–H and O–H groups in total. The highest BCUT2D eigenvalue weighted by Gasteiger charge is 2.37. The first-order valence-corrected chi connectivity index (χ1v) is 7.96. The van der Waals surface area contributed by atoms with Gasteiger partial charge in [-0.25, -0.2) is 0 Å². The predicted molar refractivity (Wildman–Crippen MR) is 93.8 cm³/mol.